The monoisotopic (exact) mass is 398 g/mol. The van der Waals surface area contributed by atoms with E-state index in [1.807, 2.05) is 0 Å². The average molecular weight is 399 g/mol. The van der Waals surface area contributed by atoms with Gasteiger partial charge < -0.3 is 5.11 Å². The minimum absolute atomic E-state index is 0.0459. The third-order valence-electron chi connectivity index (χ3n) is 10.3. The molecule has 1 nitrogen and oxygen atoms in total. The Morgan fingerprint density at radius 2 is 1.69 bits per heavy atom. The highest BCUT2D eigenvalue weighted by Crippen LogP contribution is 2.66. The smallest absolute Gasteiger partial charge is 0.0594 e. The number of aliphatic hydroxyl groups excluding tert-OH is 1. The van der Waals surface area contributed by atoms with E-state index in [-0.39, 0.29) is 11.5 Å². The van der Waals surface area contributed by atoms with Crippen molar-refractivity contribution in [2.24, 2.45) is 39.9 Å². The quantitative estimate of drug-likeness (QED) is 0.514. The molecule has 0 heterocycles. The topological polar surface area (TPSA) is 20.2 Å². The fraction of sp³-hybridized carbons (Fsp3) is 0.857. The molecule has 1 saturated carbocycles. The van der Waals surface area contributed by atoms with Crippen LogP contribution in [0.5, 0.6) is 0 Å². The minimum atomic E-state index is -0.131. The first kappa shape index (κ1) is 21.7. The molecule has 4 aliphatic carbocycles. The van der Waals surface area contributed by atoms with E-state index in [2.05, 4.69) is 54.5 Å². The van der Waals surface area contributed by atoms with E-state index in [1.54, 1.807) is 16.7 Å². The third kappa shape index (κ3) is 3.20. The summed E-state index contributed by atoms with van der Waals surface area (Å²) < 4.78 is 0. The maximum atomic E-state index is 10.7. The minimum Gasteiger partial charge on any atom is -0.393 e. The fourth-order valence-corrected chi connectivity index (χ4v) is 8.37. The zero-order chi connectivity index (χ0) is 21.2. The second kappa shape index (κ2) is 7.25. The van der Waals surface area contributed by atoms with Crippen molar-refractivity contribution >= 4 is 0 Å². The average Bonchev–Trinajstić information content (AvgIpc) is 3.00. The van der Waals surface area contributed by atoms with Crippen LogP contribution in [0.4, 0.5) is 0 Å². The molecule has 1 unspecified atom stereocenters. The predicted molar refractivity (Wildman–Crippen MR) is 124 cm³/mol. The Labute approximate surface area is 180 Å². The van der Waals surface area contributed by atoms with E-state index < -0.39 is 0 Å². The van der Waals surface area contributed by atoms with Gasteiger partial charge in [0.2, 0.25) is 0 Å². The Morgan fingerprint density at radius 3 is 2.38 bits per heavy atom. The first-order chi connectivity index (χ1) is 13.5. The molecule has 0 bridgehead atoms. The molecular weight excluding hydrogens is 352 g/mol. The molecular formula is C28H46O. The van der Waals surface area contributed by atoms with E-state index in [1.165, 1.54) is 51.4 Å². The molecule has 164 valence electrons. The van der Waals surface area contributed by atoms with Gasteiger partial charge in [-0.05, 0) is 96.0 Å². The summed E-state index contributed by atoms with van der Waals surface area (Å²) in [5.74, 6) is 3.11. The summed E-state index contributed by atoms with van der Waals surface area (Å²) in [7, 11) is 0. The van der Waals surface area contributed by atoms with Crippen LogP contribution in [-0.4, -0.2) is 11.2 Å². The fourth-order valence-electron chi connectivity index (χ4n) is 8.37. The van der Waals surface area contributed by atoms with Crippen LogP contribution < -0.4 is 0 Å². The van der Waals surface area contributed by atoms with Gasteiger partial charge in [0.05, 0.1) is 6.10 Å². The molecule has 0 spiro atoms. The standard InChI is InChI=1S/C28H46O/c1-18(2)8-9-19(3)21-11-12-22-20-10-13-24-26(4,5)25(29)15-17-28(24,7)23(20)14-16-27(21,22)6/h12,18-19,21,24-25,29H,8-11,13-17H2,1-7H3/t19-,21-,24+,25?,27-,28-/m1/s1. The number of fused-ring (bicyclic) bond motifs is 4. The zero-order valence-electron chi connectivity index (χ0n) is 20.3. The van der Waals surface area contributed by atoms with Crippen LogP contribution in [0.1, 0.15) is 106 Å². The molecule has 6 atom stereocenters. The van der Waals surface area contributed by atoms with Crippen molar-refractivity contribution in [2.45, 2.75) is 112 Å². The van der Waals surface area contributed by atoms with Crippen LogP contribution in [0, 0.1) is 39.9 Å². The third-order valence-corrected chi connectivity index (χ3v) is 10.3. The molecule has 29 heavy (non-hydrogen) atoms. The number of rotatable bonds is 4. The van der Waals surface area contributed by atoms with Crippen molar-refractivity contribution in [3.8, 4) is 0 Å². The Bertz CT molecular complexity index is 710. The van der Waals surface area contributed by atoms with Crippen molar-refractivity contribution in [3.63, 3.8) is 0 Å². The van der Waals surface area contributed by atoms with Gasteiger partial charge in [0, 0.05) is 0 Å². The van der Waals surface area contributed by atoms with Crippen molar-refractivity contribution in [1.82, 2.24) is 0 Å². The van der Waals surface area contributed by atoms with Crippen LogP contribution in [0.25, 0.3) is 0 Å². The summed E-state index contributed by atoms with van der Waals surface area (Å²) in [4.78, 5) is 0. The Kier molecular flexibility index (Phi) is 5.42. The van der Waals surface area contributed by atoms with Gasteiger partial charge in [0.25, 0.3) is 0 Å². The van der Waals surface area contributed by atoms with E-state index in [9.17, 15) is 5.11 Å². The van der Waals surface area contributed by atoms with Crippen molar-refractivity contribution in [1.29, 1.82) is 0 Å². The zero-order valence-corrected chi connectivity index (χ0v) is 20.3. The lowest BCUT2D eigenvalue weighted by molar-refractivity contribution is -0.0905. The van der Waals surface area contributed by atoms with Crippen LogP contribution in [0.15, 0.2) is 22.8 Å². The lowest BCUT2D eigenvalue weighted by Gasteiger charge is -2.59. The Hall–Kier alpha value is -0.560. The summed E-state index contributed by atoms with van der Waals surface area (Å²) in [5.41, 5.74) is 6.08. The van der Waals surface area contributed by atoms with Gasteiger partial charge in [-0.2, -0.15) is 0 Å². The number of allylic oxidation sites excluding steroid dienone is 4. The lowest BCUT2D eigenvalue weighted by Crippen LogP contribution is -2.53. The molecule has 0 radical (unpaired) electrons. The summed E-state index contributed by atoms with van der Waals surface area (Å²) in [6.07, 6.45) is 13.9. The number of hydrogen-bond acceptors (Lipinski definition) is 1. The lowest BCUT2D eigenvalue weighted by atomic mass is 9.46. The van der Waals surface area contributed by atoms with Crippen LogP contribution >= 0.6 is 0 Å². The normalized spacial score (nSPS) is 42.2. The van der Waals surface area contributed by atoms with Crippen LogP contribution in [0.2, 0.25) is 0 Å². The van der Waals surface area contributed by atoms with Gasteiger partial charge in [0.1, 0.15) is 0 Å². The highest BCUT2D eigenvalue weighted by atomic mass is 16.3. The SMILES string of the molecule is CC(C)CC[C@@H](C)[C@H]1CC=C2C3=C(CC[C@@]21C)[C@@]1(C)CCC(O)C(C)(C)[C@@H]1CC3. The second-order valence-corrected chi connectivity index (χ2v) is 12.7. The van der Waals surface area contributed by atoms with E-state index in [0.717, 1.165) is 24.2 Å². The maximum absolute atomic E-state index is 10.7. The largest absolute Gasteiger partial charge is 0.393 e. The summed E-state index contributed by atoms with van der Waals surface area (Å²) in [6, 6.07) is 0. The first-order valence-corrected chi connectivity index (χ1v) is 12.6. The summed E-state index contributed by atoms with van der Waals surface area (Å²) in [5, 5.41) is 10.7. The van der Waals surface area contributed by atoms with Crippen molar-refractivity contribution < 1.29 is 5.11 Å². The molecule has 0 saturated heterocycles. The van der Waals surface area contributed by atoms with Gasteiger partial charge in [-0.15, -0.1) is 0 Å². The predicted octanol–water partition coefficient (Wildman–Crippen LogP) is 7.70. The molecule has 0 aromatic carbocycles. The maximum Gasteiger partial charge on any atom is 0.0594 e. The molecule has 4 rings (SSSR count). The van der Waals surface area contributed by atoms with Crippen LogP contribution in [-0.2, 0) is 0 Å². The highest BCUT2D eigenvalue weighted by molar-refractivity contribution is 5.49. The molecule has 1 fully saturated rings. The summed E-state index contributed by atoms with van der Waals surface area (Å²) >= 11 is 0. The van der Waals surface area contributed by atoms with E-state index in [0.29, 0.717) is 16.7 Å². The van der Waals surface area contributed by atoms with E-state index in [4.69, 9.17) is 0 Å². The molecule has 0 amide bonds. The first-order valence-electron chi connectivity index (χ1n) is 12.6. The van der Waals surface area contributed by atoms with Gasteiger partial charge in [-0.25, -0.2) is 0 Å². The van der Waals surface area contributed by atoms with Crippen molar-refractivity contribution in [3.05, 3.63) is 22.8 Å². The van der Waals surface area contributed by atoms with Gasteiger partial charge >= 0.3 is 0 Å². The molecule has 1 N–H and O–H groups in total. The molecule has 4 aliphatic rings. The molecule has 0 aromatic rings. The highest BCUT2D eigenvalue weighted by Gasteiger charge is 2.57. The van der Waals surface area contributed by atoms with Gasteiger partial charge in [-0.3, -0.25) is 0 Å². The van der Waals surface area contributed by atoms with Gasteiger partial charge in [-0.1, -0.05) is 73.0 Å². The molecule has 1 heteroatoms. The number of aliphatic hydroxyl groups is 1. The Morgan fingerprint density at radius 1 is 0.966 bits per heavy atom. The van der Waals surface area contributed by atoms with Crippen molar-refractivity contribution in [2.75, 3.05) is 0 Å². The van der Waals surface area contributed by atoms with Crippen LogP contribution in [0.3, 0.4) is 0 Å². The van der Waals surface area contributed by atoms with Gasteiger partial charge in [0.15, 0.2) is 0 Å². The molecule has 0 aromatic heterocycles. The van der Waals surface area contributed by atoms with E-state index >= 15 is 0 Å². The summed E-state index contributed by atoms with van der Waals surface area (Å²) in [6.45, 7) is 17.1. The second-order valence-electron chi connectivity index (χ2n) is 12.7. The Balaban J connectivity index is 1.63. The number of hydrogen-bond donors (Lipinski definition) is 1. The molecule has 0 aliphatic heterocycles.